The van der Waals surface area contributed by atoms with Gasteiger partial charge < -0.3 is 15.0 Å². The summed E-state index contributed by atoms with van der Waals surface area (Å²) in [6, 6.07) is 17.0. The lowest BCUT2D eigenvalue weighted by atomic mass is 10.1. The van der Waals surface area contributed by atoms with Gasteiger partial charge in [-0.05, 0) is 62.2 Å². The number of halogens is 2. The smallest absolute Gasteiger partial charge is 0.264 e. The third-order valence-corrected chi connectivity index (χ3v) is 8.67. The normalized spacial score (nSPS) is 11.9. The van der Waals surface area contributed by atoms with Gasteiger partial charge in [-0.2, -0.15) is 0 Å². The van der Waals surface area contributed by atoms with E-state index in [1.807, 2.05) is 6.92 Å². The molecule has 11 heteroatoms. The molecule has 3 aromatic rings. The highest BCUT2D eigenvalue weighted by Crippen LogP contribution is 2.33. The first-order chi connectivity index (χ1) is 19.0. The van der Waals surface area contributed by atoms with Crippen LogP contribution in [-0.4, -0.2) is 51.4 Å². The molecule has 0 unspecified atom stereocenters. The van der Waals surface area contributed by atoms with Crippen LogP contribution in [0.4, 0.5) is 5.69 Å². The summed E-state index contributed by atoms with van der Waals surface area (Å²) in [4.78, 5) is 28.3. The lowest BCUT2D eigenvalue weighted by molar-refractivity contribution is -0.140. The molecule has 1 N–H and O–H groups in total. The molecule has 2 amide bonds. The van der Waals surface area contributed by atoms with Crippen LogP contribution in [0.15, 0.2) is 71.6 Å². The van der Waals surface area contributed by atoms with Crippen LogP contribution in [0, 0.1) is 6.92 Å². The van der Waals surface area contributed by atoms with E-state index in [9.17, 15) is 18.0 Å². The van der Waals surface area contributed by atoms with Crippen molar-refractivity contribution in [3.63, 3.8) is 0 Å². The number of rotatable bonds is 12. The molecule has 0 heterocycles. The zero-order chi connectivity index (χ0) is 29.4. The van der Waals surface area contributed by atoms with Crippen LogP contribution >= 0.6 is 23.2 Å². The molecule has 214 valence electrons. The standard InChI is InChI=1S/C29H33Cl2N3O5S/c1-5-25(29(36)32-4)33(18-21-13-14-22(30)17-24(21)31)28(35)19-34(26-9-7-8-10-27(26)39-6-2)40(37,38)23-15-11-20(3)12-16-23/h7-17,25H,5-6,18-19H2,1-4H3,(H,32,36)/t25-/m0/s1. The highest BCUT2D eigenvalue weighted by molar-refractivity contribution is 7.92. The molecule has 0 aromatic heterocycles. The fourth-order valence-electron chi connectivity index (χ4n) is 4.21. The van der Waals surface area contributed by atoms with Crippen molar-refractivity contribution in [1.29, 1.82) is 0 Å². The Morgan fingerprint density at radius 3 is 2.27 bits per heavy atom. The number of anilines is 1. The molecule has 8 nitrogen and oxygen atoms in total. The fraction of sp³-hybridized carbons (Fsp3) is 0.310. The minimum atomic E-state index is -4.22. The topological polar surface area (TPSA) is 96.0 Å². The first-order valence-electron chi connectivity index (χ1n) is 12.8. The number of nitrogens with one attached hydrogen (secondary N) is 1. The zero-order valence-corrected chi connectivity index (χ0v) is 25.2. The van der Waals surface area contributed by atoms with Crippen LogP contribution in [0.2, 0.25) is 10.0 Å². The Kier molecular flexibility index (Phi) is 10.8. The Hall–Kier alpha value is -3.27. The molecule has 0 fully saturated rings. The van der Waals surface area contributed by atoms with Gasteiger partial charge in [0.05, 0.1) is 17.2 Å². The fourth-order valence-corrected chi connectivity index (χ4v) is 6.10. The largest absolute Gasteiger partial charge is 0.492 e. The van der Waals surface area contributed by atoms with Crippen LogP contribution in [0.1, 0.15) is 31.4 Å². The van der Waals surface area contributed by atoms with Crippen molar-refractivity contribution in [2.75, 3.05) is 24.5 Å². The Balaban J connectivity index is 2.13. The molecule has 0 saturated heterocycles. The number of aryl methyl sites for hydroxylation is 1. The van der Waals surface area contributed by atoms with Gasteiger partial charge in [-0.1, -0.05) is 66.0 Å². The highest BCUT2D eigenvalue weighted by Gasteiger charge is 2.34. The van der Waals surface area contributed by atoms with Gasteiger partial charge in [-0.25, -0.2) is 8.42 Å². The monoisotopic (exact) mass is 605 g/mol. The first kappa shape index (κ1) is 31.3. The second kappa shape index (κ2) is 13.9. The lowest BCUT2D eigenvalue weighted by Crippen LogP contribution is -2.51. The summed E-state index contributed by atoms with van der Waals surface area (Å²) in [6.45, 7) is 5.08. The van der Waals surface area contributed by atoms with E-state index in [0.29, 0.717) is 28.0 Å². The van der Waals surface area contributed by atoms with E-state index in [2.05, 4.69) is 5.32 Å². The summed E-state index contributed by atoms with van der Waals surface area (Å²) in [5.41, 5.74) is 1.65. The van der Waals surface area contributed by atoms with Crippen LogP contribution in [0.25, 0.3) is 0 Å². The summed E-state index contributed by atoms with van der Waals surface area (Å²) in [7, 11) is -2.74. The molecule has 3 rings (SSSR count). The van der Waals surface area contributed by atoms with Crippen LogP contribution < -0.4 is 14.4 Å². The molecule has 0 aliphatic carbocycles. The number of sulfonamides is 1. The van der Waals surface area contributed by atoms with E-state index in [4.69, 9.17) is 27.9 Å². The molecule has 0 saturated carbocycles. The van der Waals surface area contributed by atoms with Crippen LogP contribution in [0.5, 0.6) is 5.75 Å². The third kappa shape index (κ3) is 7.27. The SMILES string of the molecule is CCOc1ccccc1N(CC(=O)N(Cc1ccc(Cl)cc1Cl)[C@@H](CC)C(=O)NC)S(=O)(=O)c1ccc(C)cc1. The number of ether oxygens (including phenoxy) is 1. The van der Waals surface area contributed by atoms with Crippen LogP contribution in [0.3, 0.4) is 0 Å². The van der Waals surface area contributed by atoms with E-state index in [-0.39, 0.29) is 29.5 Å². The maximum absolute atomic E-state index is 14.1. The number of hydrogen-bond donors (Lipinski definition) is 1. The van der Waals surface area contributed by atoms with Gasteiger partial charge in [0.15, 0.2) is 0 Å². The van der Waals surface area contributed by atoms with E-state index in [1.54, 1.807) is 68.4 Å². The number of carbonyl (C=O) groups excluding carboxylic acids is 2. The number of para-hydroxylation sites is 2. The Bertz CT molecular complexity index is 1450. The van der Waals surface area contributed by atoms with Gasteiger partial charge in [-0.15, -0.1) is 0 Å². The van der Waals surface area contributed by atoms with Crippen molar-refractivity contribution in [2.24, 2.45) is 0 Å². The molecular weight excluding hydrogens is 573 g/mol. The second-order valence-corrected chi connectivity index (χ2v) is 11.7. The van der Waals surface area contributed by atoms with E-state index < -0.39 is 28.5 Å². The molecular formula is C29H33Cl2N3O5S. The quantitative estimate of drug-likeness (QED) is 0.296. The van der Waals surface area contributed by atoms with Crippen molar-refractivity contribution in [2.45, 2.75) is 44.7 Å². The zero-order valence-electron chi connectivity index (χ0n) is 22.9. The van der Waals surface area contributed by atoms with E-state index in [1.165, 1.54) is 24.1 Å². The second-order valence-electron chi connectivity index (χ2n) is 9.02. The molecule has 40 heavy (non-hydrogen) atoms. The average molecular weight is 607 g/mol. The van der Waals surface area contributed by atoms with Gasteiger partial charge in [0.25, 0.3) is 10.0 Å². The van der Waals surface area contributed by atoms with E-state index in [0.717, 1.165) is 9.87 Å². The lowest BCUT2D eigenvalue weighted by Gasteiger charge is -2.33. The third-order valence-electron chi connectivity index (χ3n) is 6.31. The van der Waals surface area contributed by atoms with Gasteiger partial charge in [0, 0.05) is 23.6 Å². The van der Waals surface area contributed by atoms with Gasteiger partial charge in [-0.3, -0.25) is 13.9 Å². The summed E-state index contributed by atoms with van der Waals surface area (Å²) in [5.74, 6) is -0.675. The van der Waals surface area contributed by atoms with Crippen molar-refractivity contribution < 1.29 is 22.7 Å². The molecule has 3 aromatic carbocycles. The van der Waals surface area contributed by atoms with Gasteiger partial charge in [0.2, 0.25) is 11.8 Å². The molecule has 1 atom stereocenters. The van der Waals surface area contributed by atoms with Gasteiger partial charge >= 0.3 is 0 Å². The highest BCUT2D eigenvalue weighted by atomic mass is 35.5. The number of benzene rings is 3. The number of hydrogen-bond acceptors (Lipinski definition) is 5. The van der Waals surface area contributed by atoms with Crippen LogP contribution in [-0.2, 0) is 26.2 Å². The average Bonchev–Trinajstić information content (AvgIpc) is 2.93. The summed E-state index contributed by atoms with van der Waals surface area (Å²) >= 11 is 12.5. The maximum atomic E-state index is 14.1. The molecule has 0 aliphatic rings. The Labute approximate surface area is 245 Å². The molecule has 0 bridgehead atoms. The summed E-state index contributed by atoms with van der Waals surface area (Å²) in [5, 5.41) is 3.34. The van der Waals surface area contributed by atoms with Gasteiger partial charge in [0.1, 0.15) is 18.3 Å². The minimum absolute atomic E-state index is 0.0165. The maximum Gasteiger partial charge on any atom is 0.264 e. The van der Waals surface area contributed by atoms with E-state index >= 15 is 0 Å². The summed E-state index contributed by atoms with van der Waals surface area (Å²) < 4.78 is 34.8. The Morgan fingerprint density at radius 2 is 1.68 bits per heavy atom. The number of nitrogens with zero attached hydrogens (tertiary/aromatic N) is 2. The van der Waals surface area contributed by atoms with Crippen molar-refractivity contribution in [3.8, 4) is 5.75 Å². The molecule has 0 spiro atoms. The Morgan fingerprint density at radius 1 is 1.00 bits per heavy atom. The van der Waals surface area contributed by atoms with Crippen molar-refractivity contribution >= 4 is 50.7 Å². The molecule has 0 radical (unpaired) electrons. The number of likely N-dealkylation sites (N-methyl/N-ethyl adjacent to an activating group) is 1. The van der Waals surface area contributed by atoms with Crippen molar-refractivity contribution in [3.05, 3.63) is 87.9 Å². The molecule has 0 aliphatic heterocycles. The first-order valence-corrected chi connectivity index (χ1v) is 15.0. The predicted octanol–water partition coefficient (Wildman–Crippen LogP) is 5.45. The predicted molar refractivity (Wildman–Crippen MR) is 158 cm³/mol. The minimum Gasteiger partial charge on any atom is -0.492 e. The number of amides is 2. The number of carbonyl (C=O) groups is 2. The summed E-state index contributed by atoms with van der Waals surface area (Å²) in [6.07, 6.45) is 0.289. The van der Waals surface area contributed by atoms with Crippen molar-refractivity contribution in [1.82, 2.24) is 10.2 Å².